The molecule has 0 bridgehead atoms. The highest BCUT2D eigenvalue weighted by Crippen LogP contribution is 2.19. The number of carbonyl (C=O) groups excluding carboxylic acids is 1. The summed E-state index contributed by atoms with van der Waals surface area (Å²) >= 11 is 0. The van der Waals surface area contributed by atoms with Crippen LogP contribution < -0.4 is 10.6 Å². The number of aliphatic hydroxyl groups is 1. The smallest absolute Gasteiger partial charge is 0.237 e. The summed E-state index contributed by atoms with van der Waals surface area (Å²) in [7, 11) is 0. The van der Waals surface area contributed by atoms with E-state index in [2.05, 4.69) is 10.6 Å². The molecule has 0 aliphatic heterocycles. The van der Waals surface area contributed by atoms with Crippen molar-refractivity contribution in [2.24, 2.45) is 0 Å². The van der Waals surface area contributed by atoms with Gasteiger partial charge in [0.15, 0.2) is 0 Å². The van der Waals surface area contributed by atoms with Gasteiger partial charge in [0, 0.05) is 18.7 Å². The molecule has 0 aromatic heterocycles. The molecule has 3 N–H and O–H groups in total. The predicted octanol–water partition coefficient (Wildman–Crippen LogP) is 2.11. The van der Waals surface area contributed by atoms with Crippen LogP contribution in [0.4, 0.5) is 0 Å². The molecule has 0 radical (unpaired) electrons. The second-order valence-electron chi connectivity index (χ2n) is 6.41. The van der Waals surface area contributed by atoms with Gasteiger partial charge in [0.25, 0.3) is 0 Å². The Bertz CT molecular complexity index is 284. The van der Waals surface area contributed by atoms with Crippen molar-refractivity contribution < 1.29 is 9.90 Å². The normalized spacial score (nSPS) is 23.4. The lowest BCUT2D eigenvalue weighted by Crippen LogP contribution is -2.51. The molecule has 1 amide bonds. The first kappa shape index (κ1) is 15.8. The Kier molecular flexibility index (Phi) is 6.80. The predicted molar refractivity (Wildman–Crippen MR) is 80.5 cm³/mol. The highest BCUT2D eigenvalue weighted by atomic mass is 16.3. The number of hydrogen-bond donors (Lipinski definition) is 3. The van der Waals surface area contributed by atoms with Gasteiger partial charge in [-0.15, -0.1) is 0 Å². The van der Waals surface area contributed by atoms with Crippen molar-refractivity contribution in [3.05, 3.63) is 0 Å². The van der Waals surface area contributed by atoms with Crippen molar-refractivity contribution in [3.8, 4) is 0 Å². The maximum Gasteiger partial charge on any atom is 0.237 e. The molecule has 2 aliphatic carbocycles. The third-order valence-corrected chi connectivity index (χ3v) is 4.73. The third kappa shape index (κ3) is 5.06. The molecule has 0 heterocycles. The van der Waals surface area contributed by atoms with Gasteiger partial charge in [-0.3, -0.25) is 4.79 Å². The number of nitrogens with one attached hydrogen (secondary N) is 2. The van der Waals surface area contributed by atoms with Crippen molar-refractivity contribution in [1.82, 2.24) is 10.6 Å². The van der Waals surface area contributed by atoms with Crippen LogP contribution in [-0.2, 0) is 4.79 Å². The van der Waals surface area contributed by atoms with Crippen LogP contribution in [0.25, 0.3) is 0 Å². The van der Waals surface area contributed by atoms with E-state index in [-0.39, 0.29) is 18.6 Å². The maximum atomic E-state index is 12.4. The fraction of sp³-hybridized carbons (Fsp3) is 0.938. The Morgan fingerprint density at radius 1 is 0.950 bits per heavy atom. The standard InChI is InChI=1S/C16H30N2O2/c19-12-11-15(17-13-7-3-1-4-8-13)16(20)18-14-9-5-2-6-10-14/h13-15,17,19H,1-12H2,(H,18,20)/t15-/m1/s1. The molecule has 2 rings (SSSR count). The molecule has 4 heteroatoms. The average Bonchev–Trinajstić information content (AvgIpc) is 2.49. The lowest BCUT2D eigenvalue weighted by atomic mass is 9.93. The van der Waals surface area contributed by atoms with E-state index in [1.54, 1.807) is 0 Å². The Labute approximate surface area is 122 Å². The van der Waals surface area contributed by atoms with E-state index in [9.17, 15) is 9.90 Å². The first-order chi connectivity index (χ1) is 9.79. The van der Waals surface area contributed by atoms with Gasteiger partial charge in [-0.25, -0.2) is 0 Å². The van der Waals surface area contributed by atoms with Gasteiger partial charge in [-0.05, 0) is 32.1 Å². The van der Waals surface area contributed by atoms with Gasteiger partial charge in [-0.1, -0.05) is 38.5 Å². The summed E-state index contributed by atoms with van der Waals surface area (Å²) in [6, 6.07) is 0.591. The summed E-state index contributed by atoms with van der Waals surface area (Å²) in [4.78, 5) is 12.4. The maximum absolute atomic E-state index is 12.4. The molecule has 2 saturated carbocycles. The van der Waals surface area contributed by atoms with Crippen molar-refractivity contribution in [1.29, 1.82) is 0 Å². The first-order valence-corrected chi connectivity index (χ1v) is 8.47. The van der Waals surface area contributed by atoms with Gasteiger partial charge in [0.1, 0.15) is 0 Å². The molecule has 2 fully saturated rings. The molecule has 4 nitrogen and oxygen atoms in total. The Morgan fingerprint density at radius 3 is 2.05 bits per heavy atom. The SMILES string of the molecule is O=C(NC1CCCCC1)[C@@H](CCO)NC1CCCCC1. The van der Waals surface area contributed by atoms with E-state index in [1.807, 2.05) is 0 Å². The molecule has 20 heavy (non-hydrogen) atoms. The minimum atomic E-state index is -0.218. The van der Waals surface area contributed by atoms with Gasteiger partial charge in [0.05, 0.1) is 6.04 Å². The fourth-order valence-corrected chi connectivity index (χ4v) is 3.52. The van der Waals surface area contributed by atoms with Crippen molar-refractivity contribution in [3.63, 3.8) is 0 Å². The van der Waals surface area contributed by atoms with Crippen LogP contribution in [0.1, 0.15) is 70.6 Å². The highest BCUT2D eigenvalue weighted by Gasteiger charge is 2.25. The van der Waals surface area contributed by atoms with Crippen LogP contribution in [0.15, 0.2) is 0 Å². The summed E-state index contributed by atoms with van der Waals surface area (Å²) < 4.78 is 0. The molecule has 1 atom stereocenters. The van der Waals surface area contributed by atoms with E-state index < -0.39 is 0 Å². The fourth-order valence-electron chi connectivity index (χ4n) is 3.52. The Morgan fingerprint density at radius 2 is 1.50 bits per heavy atom. The molecular formula is C16H30N2O2. The average molecular weight is 282 g/mol. The number of aliphatic hydroxyl groups excluding tert-OH is 1. The minimum absolute atomic E-state index is 0.0719. The zero-order valence-corrected chi connectivity index (χ0v) is 12.6. The molecule has 2 aliphatic rings. The highest BCUT2D eigenvalue weighted by molar-refractivity contribution is 5.82. The van der Waals surface area contributed by atoms with Crippen molar-refractivity contribution >= 4 is 5.91 Å². The van der Waals surface area contributed by atoms with Crippen LogP contribution in [0.5, 0.6) is 0 Å². The van der Waals surface area contributed by atoms with Crippen LogP contribution in [0.2, 0.25) is 0 Å². The lowest BCUT2D eigenvalue weighted by molar-refractivity contribution is -0.124. The summed E-state index contributed by atoms with van der Waals surface area (Å²) in [5.41, 5.74) is 0. The molecule has 0 aromatic rings. The van der Waals surface area contributed by atoms with E-state index in [1.165, 1.54) is 51.4 Å². The van der Waals surface area contributed by atoms with E-state index in [4.69, 9.17) is 0 Å². The zero-order valence-electron chi connectivity index (χ0n) is 12.6. The zero-order chi connectivity index (χ0) is 14.2. The molecule has 0 spiro atoms. The first-order valence-electron chi connectivity index (χ1n) is 8.47. The summed E-state index contributed by atoms with van der Waals surface area (Å²) in [6.07, 6.45) is 12.7. The molecule has 116 valence electrons. The van der Waals surface area contributed by atoms with Crippen LogP contribution in [0, 0.1) is 0 Å². The topological polar surface area (TPSA) is 61.4 Å². The van der Waals surface area contributed by atoms with E-state index in [0.29, 0.717) is 18.5 Å². The number of hydrogen-bond acceptors (Lipinski definition) is 3. The van der Waals surface area contributed by atoms with Crippen molar-refractivity contribution in [2.45, 2.75) is 88.8 Å². The molecule has 0 saturated heterocycles. The molecule has 0 unspecified atom stereocenters. The summed E-state index contributed by atoms with van der Waals surface area (Å²) in [5.74, 6) is 0.0940. The Balaban J connectivity index is 1.80. The Hall–Kier alpha value is -0.610. The monoisotopic (exact) mass is 282 g/mol. The number of rotatable bonds is 6. The van der Waals surface area contributed by atoms with E-state index in [0.717, 1.165) is 12.8 Å². The van der Waals surface area contributed by atoms with E-state index >= 15 is 0 Å². The largest absolute Gasteiger partial charge is 0.396 e. The summed E-state index contributed by atoms with van der Waals surface area (Å²) in [5, 5.41) is 15.9. The van der Waals surface area contributed by atoms with Gasteiger partial charge in [-0.2, -0.15) is 0 Å². The van der Waals surface area contributed by atoms with Gasteiger partial charge in [0.2, 0.25) is 5.91 Å². The van der Waals surface area contributed by atoms with Gasteiger partial charge < -0.3 is 15.7 Å². The summed E-state index contributed by atoms with van der Waals surface area (Å²) in [6.45, 7) is 0.0719. The molecular weight excluding hydrogens is 252 g/mol. The van der Waals surface area contributed by atoms with Crippen molar-refractivity contribution in [2.75, 3.05) is 6.61 Å². The quantitative estimate of drug-likeness (QED) is 0.699. The van der Waals surface area contributed by atoms with Crippen LogP contribution >= 0.6 is 0 Å². The molecule has 0 aromatic carbocycles. The second-order valence-corrected chi connectivity index (χ2v) is 6.41. The number of carbonyl (C=O) groups is 1. The van der Waals surface area contributed by atoms with Gasteiger partial charge >= 0.3 is 0 Å². The third-order valence-electron chi connectivity index (χ3n) is 4.73. The second kappa shape index (κ2) is 8.63. The number of amides is 1. The lowest BCUT2D eigenvalue weighted by Gasteiger charge is -2.30. The van der Waals surface area contributed by atoms with Crippen LogP contribution in [-0.4, -0.2) is 35.7 Å². The van der Waals surface area contributed by atoms with Crippen LogP contribution in [0.3, 0.4) is 0 Å². The minimum Gasteiger partial charge on any atom is -0.396 e.